The van der Waals surface area contributed by atoms with Gasteiger partial charge in [0.25, 0.3) is 0 Å². The van der Waals surface area contributed by atoms with Gasteiger partial charge in [0.1, 0.15) is 0 Å². The van der Waals surface area contributed by atoms with Crippen LogP contribution in [0.5, 0.6) is 0 Å². The summed E-state index contributed by atoms with van der Waals surface area (Å²) in [6.07, 6.45) is 0. The van der Waals surface area contributed by atoms with E-state index in [-0.39, 0.29) is 5.91 Å². The smallest absolute Gasteiger partial charge is 0.243 e. The minimum absolute atomic E-state index is 0.220. The normalized spacial score (nSPS) is 11.3. The van der Waals surface area contributed by atoms with Crippen molar-refractivity contribution in [3.8, 4) is 0 Å². The van der Waals surface area contributed by atoms with Crippen LogP contribution in [0.4, 0.5) is 5.69 Å². The van der Waals surface area contributed by atoms with Crippen LogP contribution >= 0.6 is 34.2 Å². The maximum absolute atomic E-state index is 11.6. The Balaban J connectivity index is 2.87. The highest BCUT2D eigenvalue weighted by molar-refractivity contribution is 14.1. The fourth-order valence-corrected chi connectivity index (χ4v) is 1.88. The lowest BCUT2D eigenvalue weighted by molar-refractivity contribution is -0.120. The Kier molecular flexibility index (Phi) is 3.97. The molecule has 1 aromatic carbocycles. The number of benzene rings is 1. The number of hydrogen-bond acceptors (Lipinski definition) is 2. The van der Waals surface area contributed by atoms with Crippen molar-refractivity contribution in [2.75, 3.05) is 5.32 Å². The van der Waals surface area contributed by atoms with Gasteiger partial charge in [-0.15, -0.1) is 0 Å². The Morgan fingerprint density at radius 3 is 2.60 bits per heavy atom. The molecule has 0 saturated carbocycles. The molecule has 0 aromatic heterocycles. The monoisotopic (exact) mass is 338 g/mol. The van der Waals surface area contributed by atoms with Crippen LogP contribution in [0, 0.1) is 3.57 Å². The number of halogens is 2. The molecule has 3 N–H and O–H groups in total. The maximum Gasteiger partial charge on any atom is 0.243 e. The molecule has 0 aliphatic heterocycles. The molecule has 5 heteroatoms. The molecule has 0 spiro atoms. The summed E-state index contributed by atoms with van der Waals surface area (Å²) in [4.78, 5) is 11.6. The van der Waals surface area contributed by atoms with Crippen LogP contribution < -0.4 is 11.1 Å². The number of rotatable bonds is 2. The number of nitrogens with two attached hydrogens (primary N) is 1. The molecule has 15 heavy (non-hydrogen) atoms. The summed E-state index contributed by atoms with van der Waals surface area (Å²) in [5.41, 5.74) is 5.51. The van der Waals surface area contributed by atoms with Gasteiger partial charge in [0.05, 0.1) is 11.2 Å². The first-order valence-corrected chi connectivity index (χ1v) is 5.82. The number of amides is 1. The summed E-state index contributed by atoms with van der Waals surface area (Å²) in [5, 5.41) is 3.39. The van der Waals surface area contributed by atoms with Crippen LogP contribution in [0.1, 0.15) is 13.8 Å². The van der Waals surface area contributed by atoms with Crippen molar-refractivity contribution in [1.82, 2.24) is 0 Å². The average Bonchev–Trinajstić information content (AvgIpc) is 2.08. The average molecular weight is 339 g/mol. The van der Waals surface area contributed by atoms with E-state index in [0.29, 0.717) is 5.02 Å². The SMILES string of the molecule is CC(C)(N)C(=O)Nc1ccc(Cl)cc1I. The molecule has 0 fully saturated rings. The first-order chi connectivity index (χ1) is 6.80. The number of hydrogen-bond donors (Lipinski definition) is 2. The van der Waals surface area contributed by atoms with Gasteiger partial charge in [0.15, 0.2) is 0 Å². The van der Waals surface area contributed by atoms with Crippen LogP contribution in [-0.4, -0.2) is 11.4 Å². The van der Waals surface area contributed by atoms with Gasteiger partial charge >= 0.3 is 0 Å². The molecular weight excluding hydrogens is 326 g/mol. The summed E-state index contributed by atoms with van der Waals surface area (Å²) < 4.78 is 0.887. The molecule has 0 bridgehead atoms. The first-order valence-electron chi connectivity index (χ1n) is 4.36. The molecular formula is C10H12ClIN2O. The van der Waals surface area contributed by atoms with Crippen molar-refractivity contribution in [3.05, 3.63) is 26.8 Å². The van der Waals surface area contributed by atoms with E-state index in [1.165, 1.54) is 0 Å². The second kappa shape index (κ2) is 4.67. The zero-order valence-corrected chi connectivity index (χ0v) is 11.4. The lowest BCUT2D eigenvalue weighted by atomic mass is 10.1. The summed E-state index contributed by atoms with van der Waals surface area (Å²) in [7, 11) is 0. The molecule has 0 unspecified atom stereocenters. The van der Waals surface area contributed by atoms with Crippen molar-refractivity contribution in [2.45, 2.75) is 19.4 Å². The molecule has 1 aromatic rings. The van der Waals surface area contributed by atoms with Crippen LogP contribution in [0.3, 0.4) is 0 Å². The maximum atomic E-state index is 11.6. The van der Waals surface area contributed by atoms with Crippen LogP contribution in [-0.2, 0) is 4.79 Å². The van der Waals surface area contributed by atoms with Gasteiger partial charge in [0.2, 0.25) is 5.91 Å². The lowest BCUT2D eigenvalue weighted by Gasteiger charge is -2.18. The largest absolute Gasteiger partial charge is 0.324 e. The van der Waals surface area contributed by atoms with E-state index in [9.17, 15) is 4.79 Å². The predicted octanol–water partition coefficient (Wildman–Crippen LogP) is 2.62. The third-order valence-electron chi connectivity index (χ3n) is 1.76. The standard InChI is InChI=1S/C10H12ClIN2O/c1-10(2,13)9(15)14-8-4-3-6(11)5-7(8)12/h3-5H,13H2,1-2H3,(H,14,15). The Morgan fingerprint density at radius 2 is 2.13 bits per heavy atom. The number of anilines is 1. The predicted molar refractivity (Wildman–Crippen MR) is 71.1 cm³/mol. The van der Waals surface area contributed by atoms with E-state index in [2.05, 4.69) is 27.9 Å². The third-order valence-corrected chi connectivity index (χ3v) is 2.89. The van der Waals surface area contributed by atoms with E-state index in [1.54, 1.807) is 32.0 Å². The molecule has 1 amide bonds. The van der Waals surface area contributed by atoms with Crippen LogP contribution in [0.25, 0.3) is 0 Å². The van der Waals surface area contributed by atoms with Gasteiger partial charge in [-0.1, -0.05) is 11.6 Å². The highest BCUT2D eigenvalue weighted by Crippen LogP contribution is 2.22. The second-order valence-corrected chi connectivity index (χ2v) is 5.40. The summed E-state index contributed by atoms with van der Waals surface area (Å²) in [6, 6.07) is 5.26. The van der Waals surface area contributed by atoms with Crippen molar-refractivity contribution in [1.29, 1.82) is 0 Å². The first kappa shape index (κ1) is 12.7. The van der Waals surface area contributed by atoms with E-state index in [0.717, 1.165) is 9.26 Å². The highest BCUT2D eigenvalue weighted by Gasteiger charge is 2.22. The molecule has 0 atom stereocenters. The van der Waals surface area contributed by atoms with Gasteiger partial charge in [-0.2, -0.15) is 0 Å². The lowest BCUT2D eigenvalue weighted by Crippen LogP contribution is -2.45. The quantitative estimate of drug-likeness (QED) is 0.815. The topological polar surface area (TPSA) is 55.1 Å². The van der Waals surface area contributed by atoms with Gasteiger partial charge < -0.3 is 11.1 Å². The molecule has 82 valence electrons. The zero-order chi connectivity index (χ0) is 11.6. The molecule has 1 rings (SSSR count). The zero-order valence-electron chi connectivity index (χ0n) is 8.47. The Bertz CT molecular complexity index is 387. The van der Waals surface area contributed by atoms with Crippen molar-refractivity contribution in [2.24, 2.45) is 5.73 Å². The Labute approximate surface area is 108 Å². The van der Waals surface area contributed by atoms with Gasteiger partial charge in [0, 0.05) is 8.59 Å². The van der Waals surface area contributed by atoms with Crippen molar-refractivity contribution in [3.63, 3.8) is 0 Å². The minimum Gasteiger partial charge on any atom is -0.324 e. The fraction of sp³-hybridized carbons (Fsp3) is 0.300. The Hall–Kier alpha value is -0.330. The van der Waals surface area contributed by atoms with Crippen molar-refractivity contribution >= 4 is 45.8 Å². The second-order valence-electron chi connectivity index (χ2n) is 3.80. The number of carbonyl (C=O) groups excluding carboxylic acids is 1. The summed E-state index contributed by atoms with van der Waals surface area (Å²) in [5.74, 6) is -0.220. The number of carbonyl (C=O) groups is 1. The summed E-state index contributed by atoms with van der Waals surface area (Å²) >= 11 is 7.91. The van der Waals surface area contributed by atoms with Gasteiger partial charge in [-0.25, -0.2) is 0 Å². The van der Waals surface area contributed by atoms with E-state index in [1.807, 2.05) is 0 Å². The van der Waals surface area contributed by atoms with Gasteiger partial charge in [-0.3, -0.25) is 4.79 Å². The molecule has 0 aliphatic rings. The van der Waals surface area contributed by atoms with Crippen LogP contribution in [0.2, 0.25) is 5.02 Å². The van der Waals surface area contributed by atoms with Crippen LogP contribution in [0.15, 0.2) is 18.2 Å². The van der Waals surface area contributed by atoms with Crippen molar-refractivity contribution < 1.29 is 4.79 Å². The van der Waals surface area contributed by atoms with E-state index in [4.69, 9.17) is 17.3 Å². The number of nitrogens with one attached hydrogen (secondary N) is 1. The highest BCUT2D eigenvalue weighted by atomic mass is 127. The molecule has 0 saturated heterocycles. The fourth-order valence-electron chi connectivity index (χ4n) is 0.874. The summed E-state index contributed by atoms with van der Waals surface area (Å²) in [6.45, 7) is 3.32. The minimum atomic E-state index is -0.886. The molecule has 0 heterocycles. The molecule has 3 nitrogen and oxygen atoms in total. The molecule has 0 radical (unpaired) electrons. The molecule has 0 aliphatic carbocycles. The van der Waals surface area contributed by atoms with E-state index < -0.39 is 5.54 Å². The third kappa shape index (κ3) is 3.62. The van der Waals surface area contributed by atoms with E-state index >= 15 is 0 Å². The van der Waals surface area contributed by atoms with Gasteiger partial charge in [-0.05, 0) is 54.6 Å². The Morgan fingerprint density at radius 1 is 1.53 bits per heavy atom.